The summed E-state index contributed by atoms with van der Waals surface area (Å²) >= 11 is 2.66. The maximum atomic E-state index is 12.7. The Kier molecular flexibility index (Phi) is 8.56. The highest BCUT2D eigenvalue weighted by Crippen LogP contribution is 2.35. The monoisotopic (exact) mass is 504 g/mol. The molecule has 3 rings (SSSR count). The number of aromatic nitrogens is 3. The van der Waals surface area contributed by atoms with Crippen LogP contribution in [0.25, 0.3) is 11.4 Å². The maximum Gasteiger partial charge on any atom is 0.341 e. The minimum Gasteiger partial charge on any atom is -0.493 e. The van der Waals surface area contributed by atoms with Gasteiger partial charge in [-0.3, -0.25) is 4.79 Å². The smallest absolute Gasteiger partial charge is 0.341 e. The summed E-state index contributed by atoms with van der Waals surface area (Å²) in [5, 5.41) is 12.6. The molecule has 2 heterocycles. The number of thioether (sulfide) groups is 1. The normalized spacial score (nSPS) is 10.8. The van der Waals surface area contributed by atoms with Crippen molar-refractivity contribution in [3.63, 3.8) is 0 Å². The number of esters is 1. The van der Waals surface area contributed by atoms with Crippen LogP contribution in [0.15, 0.2) is 23.4 Å². The first kappa shape index (κ1) is 25.6. The van der Waals surface area contributed by atoms with Gasteiger partial charge in [0.15, 0.2) is 22.5 Å². The molecule has 0 fully saturated rings. The quantitative estimate of drug-likeness (QED) is 0.319. The summed E-state index contributed by atoms with van der Waals surface area (Å²) in [6.45, 7) is 6.51. The molecule has 0 bridgehead atoms. The van der Waals surface area contributed by atoms with Gasteiger partial charge in [-0.25, -0.2) is 4.79 Å². The molecule has 0 aliphatic rings. The van der Waals surface area contributed by atoms with E-state index in [1.807, 2.05) is 43.5 Å². The summed E-state index contributed by atoms with van der Waals surface area (Å²) in [6, 6.07) is 5.54. The van der Waals surface area contributed by atoms with Crippen molar-refractivity contribution >= 4 is 40.0 Å². The fraction of sp³-hybridized carbons (Fsp3) is 0.391. The molecule has 0 unspecified atom stereocenters. The summed E-state index contributed by atoms with van der Waals surface area (Å²) in [5.41, 5.74) is 2.15. The number of amides is 1. The number of anilines is 1. The van der Waals surface area contributed by atoms with E-state index in [1.165, 1.54) is 30.2 Å². The Morgan fingerprint density at radius 1 is 1.12 bits per heavy atom. The minimum absolute atomic E-state index is 0.114. The zero-order valence-corrected chi connectivity index (χ0v) is 21.7. The molecular weight excluding hydrogens is 476 g/mol. The SMILES string of the molecule is CCc1c(C)sc(NC(=O)CSc2nnc(-c3ccc(OC)c(OC)c3)n2CC)c1C(=O)OC. The van der Waals surface area contributed by atoms with Crippen LogP contribution in [0.3, 0.4) is 0 Å². The number of rotatable bonds is 10. The molecule has 0 atom stereocenters. The highest BCUT2D eigenvalue weighted by atomic mass is 32.2. The van der Waals surface area contributed by atoms with Crippen LogP contribution in [-0.4, -0.2) is 53.7 Å². The summed E-state index contributed by atoms with van der Waals surface area (Å²) in [5.74, 6) is 1.32. The predicted molar refractivity (Wildman–Crippen MR) is 133 cm³/mol. The van der Waals surface area contributed by atoms with E-state index in [9.17, 15) is 9.59 Å². The van der Waals surface area contributed by atoms with E-state index >= 15 is 0 Å². The van der Waals surface area contributed by atoms with Crippen LogP contribution in [0.5, 0.6) is 11.5 Å². The first-order valence-electron chi connectivity index (χ1n) is 10.7. The van der Waals surface area contributed by atoms with Crippen molar-refractivity contribution in [2.24, 2.45) is 0 Å². The van der Waals surface area contributed by atoms with Crippen LogP contribution >= 0.6 is 23.1 Å². The molecule has 1 aromatic carbocycles. The van der Waals surface area contributed by atoms with Crippen LogP contribution in [0.2, 0.25) is 0 Å². The van der Waals surface area contributed by atoms with Crippen molar-refractivity contribution in [2.75, 3.05) is 32.4 Å². The van der Waals surface area contributed by atoms with E-state index in [0.717, 1.165) is 16.0 Å². The highest BCUT2D eigenvalue weighted by Gasteiger charge is 2.23. The Bertz CT molecular complexity index is 1190. The van der Waals surface area contributed by atoms with Crippen molar-refractivity contribution in [1.29, 1.82) is 0 Å². The van der Waals surface area contributed by atoms with Crippen LogP contribution < -0.4 is 14.8 Å². The number of hydrogen-bond acceptors (Lipinski definition) is 9. The zero-order valence-electron chi connectivity index (χ0n) is 20.1. The number of carbonyl (C=O) groups excluding carboxylic acids is 2. The molecule has 0 spiro atoms. The van der Waals surface area contributed by atoms with Gasteiger partial charge >= 0.3 is 5.97 Å². The van der Waals surface area contributed by atoms with E-state index in [-0.39, 0.29) is 11.7 Å². The van der Waals surface area contributed by atoms with Gasteiger partial charge in [-0.15, -0.1) is 21.5 Å². The summed E-state index contributed by atoms with van der Waals surface area (Å²) in [6.07, 6.45) is 0.677. The van der Waals surface area contributed by atoms with Crippen LogP contribution in [-0.2, 0) is 22.5 Å². The van der Waals surface area contributed by atoms with Crippen LogP contribution in [0.4, 0.5) is 5.00 Å². The molecule has 1 amide bonds. The molecule has 0 saturated carbocycles. The average molecular weight is 505 g/mol. The maximum absolute atomic E-state index is 12.7. The Labute approximate surface area is 206 Å². The standard InChI is InChI=1S/C23H28N4O5S2/c1-7-15-13(3)34-21(19(15)22(29)32-6)24-18(28)12-33-23-26-25-20(27(23)8-2)14-9-10-16(30-4)17(11-14)31-5/h9-11H,7-8,12H2,1-6H3,(H,24,28). The van der Waals surface area contributed by atoms with E-state index in [2.05, 4.69) is 15.5 Å². The molecule has 1 N–H and O–H groups in total. The summed E-state index contributed by atoms with van der Waals surface area (Å²) in [7, 11) is 4.50. The summed E-state index contributed by atoms with van der Waals surface area (Å²) < 4.78 is 17.6. The number of thiophene rings is 1. The van der Waals surface area contributed by atoms with Crippen molar-refractivity contribution < 1.29 is 23.8 Å². The number of hydrogen-bond donors (Lipinski definition) is 1. The number of nitrogens with one attached hydrogen (secondary N) is 1. The van der Waals surface area contributed by atoms with Gasteiger partial charge in [0.25, 0.3) is 0 Å². The topological polar surface area (TPSA) is 105 Å². The Morgan fingerprint density at radius 2 is 1.85 bits per heavy atom. The van der Waals surface area contributed by atoms with Crippen molar-refractivity contribution in [3.8, 4) is 22.9 Å². The van der Waals surface area contributed by atoms with Crippen molar-refractivity contribution in [3.05, 3.63) is 34.2 Å². The zero-order chi connectivity index (χ0) is 24.8. The molecule has 34 heavy (non-hydrogen) atoms. The van der Waals surface area contributed by atoms with Gasteiger partial charge in [0.1, 0.15) is 5.00 Å². The third kappa shape index (κ3) is 5.20. The van der Waals surface area contributed by atoms with Crippen molar-refractivity contribution in [1.82, 2.24) is 14.8 Å². The number of aryl methyl sites for hydroxylation is 1. The van der Waals surface area contributed by atoms with Gasteiger partial charge in [-0.2, -0.15) is 0 Å². The molecule has 0 aliphatic heterocycles. The number of methoxy groups -OCH3 is 3. The molecule has 0 aliphatic carbocycles. The van der Waals surface area contributed by atoms with E-state index in [4.69, 9.17) is 14.2 Å². The van der Waals surface area contributed by atoms with Gasteiger partial charge in [-0.1, -0.05) is 18.7 Å². The minimum atomic E-state index is -0.450. The second kappa shape index (κ2) is 11.4. The number of carbonyl (C=O) groups is 2. The first-order chi connectivity index (χ1) is 16.4. The second-order valence-electron chi connectivity index (χ2n) is 7.14. The van der Waals surface area contributed by atoms with E-state index < -0.39 is 5.97 Å². The molecule has 9 nitrogen and oxygen atoms in total. The Morgan fingerprint density at radius 3 is 2.47 bits per heavy atom. The molecule has 3 aromatic rings. The predicted octanol–water partition coefficient (Wildman–Crippen LogP) is 4.43. The van der Waals surface area contributed by atoms with E-state index in [1.54, 1.807) is 14.2 Å². The molecule has 0 saturated heterocycles. The van der Waals surface area contributed by atoms with Crippen LogP contribution in [0.1, 0.15) is 34.6 Å². The number of nitrogens with zero attached hydrogens (tertiary/aromatic N) is 3. The lowest BCUT2D eigenvalue weighted by atomic mass is 10.1. The third-order valence-corrected chi connectivity index (χ3v) is 7.24. The molecule has 182 valence electrons. The molecule has 11 heteroatoms. The lowest BCUT2D eigenvalue weighted by molar-refractivity contribution is -0.113. The fourth-order valence-corrected chi connectivity index (χ4v) is 5.52. The van der Waals surface area contributed by atoms with Crippen LogP contribution in [0, 0.1) is 6.92 Å². The lowest BCUT2D eigenvalue weighted by Crippen LogP contribution is -2.16. The number of ether oxygens (including phenoxy) is 3. The van der Waals surface area contributed by atoms with Gasteiger partial charge < -0.3 is 24.1 Å². The average Bonchev–Trinajstić information content (AvgIpc) is 3.41. The lowest BCUT2D eigenvalue weighted by Gasteiger charge is -2.11. The molecule has 0 radical (unpaired) electrons. The van der Waals surface area contributed by atoms with Crippen molar-refractivity contribution in [2.45, 2.75) is 38.9 Å². The third-order valence-electron chi connectivity index (χ3n) is 5.21. The van der Waals surface area contributed by atoms with Gasteiger partial charge in [-0.05, 0) is 44.0 Å². The van der Waals surface area contributed by atoms with E-state index in [0.29, 0.717) is 46.0 Å². The fourth-order valence-electron chi connectivity index (χ4n) is 3.57. The van der Waals surface area contributed by atoms with Gasteiger partial charge in [0.05, 0.1) is 32.6 Å². The molecule has 2 aromatic heterocycles. The second-order valence-corrected chi connectivity index (χ2v) is 9.31. The largest absolute Gasteiger partial charge is 0.493 e. The molecular formula is C23H28N4O5S2. The van der Waals surface area contributed by atoms with Gasteiger partial charge in [0, 0.05) is 17.0 Å². The van der Waals surface area contributed by atoms with Gasteiger partial charge in [0.2, 0.25) is 5.91 Å². The number of benzene rings is 1. The Hall–Kier alpha value is -3.05. The first-order valence-corrected chi connectivity index (χ1v) is 12.5. The Balaban J connectivity index is 1.77. The highest BCUT2D eigenvalue weighted by molar-refractivity contribution is 7.99. The summed E-state index contributed by atoms with van der Waals surface area (Å²) in [4.78, 5) is 26.0.